The Morgan fingerprint density at radius 3 is 2.55 bits per heavy atom. The van der Waals surface area contributed by atoms with Crippen LogP contribution in [0.4, 0.5) is 24.7 Å². The van der Waals surface area contributed by atoms with Crippen LogP contribution in [0.5, 0.6) is 0 Å². The number of carbonyl (C=O) groups is 1. The number of nitrogens with zero attached hydrogens (tertiary/aromatic N) is 3. The minimum absolute atomic E-state index is 0.151. The van der Waals surface area contributed by atoms with Crippen LogP contribution in [0.25, 0.3) is 11.3 Å². The Labute approximate surface area is 179 Å². The van der Waals surface area contributed by atoms with E-state index in [4.69, 9.17) is 4.79 Å². The van der Waals surface area contributed by atoms with E-state index in [1.54, 1.807) is 13.1 Å². The van der Waals surface area contributed by atoms with E-state index in [1.165, 1.54) is 6.07 Å². The normalized spacial score (nSPS) is 19.3. The molecule has 2 heterocycles. The number of hydrogen-bond acceptors (Lipinski definition) is 7. The number of aliphatic hydroxyl groups excluding tert-OH is 1. The second-order valence-electron chi connectivity index (χ2n) is 7.27. The molecule has 0 saturated carbocycles. The molecule has 2 aromatic rings. The monoisotopic (exact) mass is 439 g/mol. The van der Waals surface area contributed by atoms with E-state index in [0.717, 1.165) is 30.8 Å². The van der Waals surface area contributed by atoms with Gasteiger partial charge in [0.05, 0.1) is 23.4 Å². The summed E-state index contributed by atoms with van der Waals surface area (Å²) in [4.78, 5) is 10.3. The van der Waals surface area contributed by atoms with Crippen LogP contribution in [0.3, 0.4) is 0 Å². The number of alkyl halides is 3. The Balaban J connectivity index is 0.00000166. The molecule has 170 valence electrons. The number of likely N-dealkylation sites (tertiary alicyclic amines) is 1. The van der Waals surface area contributed by atoms with Crippen molar-refractivity contribution >= 4 is 18.3 Å². The number of aromatic nitrogens is 2. The third-order valence-corrected chi connectivity index (χ3v) is 5.31. The van der Waals surface area contributed by atoms with Crippen LogP contribution >= 0.6 is 0 Å². The van der Waals surface area contributed by atoms with E-state index in [2.05, 4.69) is 32.7 Å². The lowest BCUT2D eigenvalue weighted by molar-refractivity contribution is -0.137. The van der Waals surface area contributed by atoms with Crippen LogP contribution < -0.4 is 10.6 Å². The van der Waals surface area contributed by atoms with E-state index in [1.807, 2.05) is 13.7 Å². The standard InChI is InChI=1S/C20H26F3N5O.CH2O/c1-4-28-8-7-18(29)17(11-28)25-19-12(2)9-16(26-27-19)14-6-5-13(20(21,22)23)10-15(14)24-3;1-2/h5-6,9-10,17-18,24,29H,4,7-8,11H2,1-3H3,(H,25,27);1H2/t17-,18+;/m0./s1. The van der Waals surface area contributed by atoms with Crippen LogP contribution in [-0.4, -0.2) is 65.8 Å². The summed E-state index contributed by atoms with van der Waals surface area (Å²) in [6.45, 7) is 8.42. The molecule has 0 spiro atoms. The minimum Gasteiger partial charge on any atom is -0.391 e. The number of aryl methyl sites for hydroxylation is 1. The molecule has 1 fully saturated rings. The summed E-state index contributed by atoms with van der Waals surface area (Å²) in [6.07, 6.45) is -4.19. The fourth-order valence-corrected chi connectivity index (χ4v) is 3.52. The van der Waals surface area contributed by atoms with Crippen molar-refractivity contribution in [2.75, 3.05) is 37.3 Å². The van der Waals surface area contributed by atoms with Crippen molar-refractivity contribution < 1.29 is 23.1 Å². The first kappa shape index (κ1) is 24.5. The van der Waals surface area contributed by atoms with Gasteiger partial charge in [0.2, 0.25) is 0 Å². The minimum atomic E-state index is -4.41. The summed E-state index contributed by atoms with van der Waals surface area (Å²) in [6, 6.07) is 5.13. The van der Waals surface area contributed by atoms with E-state index in [-0.39, 0.29) is 6.04 Å². The number of carbonyl (C=O) groups excluding carboxylic acids is 1. The molecular weight excluding hydrogens is 411 g/mol. The topological polar surface area (TPSA) is 90.4 Å². The van der Waals surface area contributed by atoms with Crippen LogP contribution in [-0.2, 0) is 11.0 Å². The Kier molecular flexibility index (Phi) is 8.35. The van der Waals surface area contributed by atoms with E-state index < -0.39 is 17.8 Å². The fraction of sp³-hybridized carbons (Fsp3) is 0.476. The van der Waals surface area contributed by atoms with Crippen LogP contribution in [0.2, 0.25) is 0 Å². The van der Waals surface area contributed by atoms with Crippen molar-refractivity contribution in [3.63, 3.8) is 0 Å². The van der Waals surface area contributed by atoms with Gasteiger partial charge in [-0.15, -0.1) is 10.2 Å². The number of aliphatic hydroxyl groups is 1. The van der Waals surface area contributed by atoms with Gasteiger partial charge >= 0.3 is 6.18 Å². The highest BCUT2D eigenvalue weighted by atomic mass is 19.4. The molecule has 0 unspecified atom stereocenters. The lowest BCUT2D eigenvalue weighted by atomic mass is 10.0. The number of piperidine rings is 1. The molecule has 1 aromatic carbocycles. The maximum absolute atomic E-state index is 13.0. The zero-order chi connectivity index (χ0) is 23.2. The van der Waals surface area contributed by atoms with Crippen LogP contribution in [0, 0.1) is 6.92 Å². The Hall–Kier alpha value is -2.72. The zero-order valence-corrected chi connectivity index (χ0v) is 17.8. The van der Waals surface area contributed by atoms with Crippen molar-refractivity contribution in [3.8, 4) is 11.3 Å². The first-order valence-corrected chi connectivity index (χ1v) is 9.92. The molecule has 7 nitrogen and oxygen atoms in total. The molecule has 0 radical (unpaired) electrons. The average molecular weight is 439 g/mol. The molecule has 1 saturated heterocycles. The van der Waals surface area contributed by atoms with E-state index >= 15 is 0 Å². The molecule has 1 aliphatic heterocycles. The van der Waals surface area contributed by atoms with Gasteiger partial charge in [-0.05, 0) is 43.7 Å². The van der Waals surface area contributed by atoms with Crippen LogP contribution in [0.1, 0.15) is 24.5 Å². The highest BCUT2D eigenvalue weighted by Crippen LogP contribution is 2.35. The maximum atomic E-state index is 13.0. The van der Waals surface area contributed by atoms with Gasteiger partial charge in [0.15, 0.2) is 5.82 Å². The number of rotatable bonds is 5. The third-order valence-electron chi connectivity index (χ3n) is 5.31. The molecule has 0 aliphatic carbocycles. The van der Waals surface area contributed by atoms with Crippen LogP contribution in [0.15, 0.2) is 24.3 Å². The molecule has 3 rings (SSSR count). The number of hydrogen-bond donors (Lipinski definition) is 3. The van der Waals surface area contributed by atoms with Gasteiger partial charge in [-0.1, -0.05) is 13.0 Å². The van der Waals surface area contributed by atoms with Gasteiger partial charge in [0.25, 0.3) is 0 Å². The molecule has 2 atom stereocenters. The van der Waals surface area contributed by atoms with Gasteiger partial charge in [0.1, 0.15) is 6.79 Å². The Morgan fingerprint density at radius 1 is 1.26 bits per heavy atom. The van der Waals surface area contributed by atoms with E-state index in [0.29, 0.717) is 35.7 Å². The van der Waals surface area contributed by atoms with Gasteiger partial charge in [-0.3, -0.25) is 0 Å². The fourth-order valence-electron chi connectivity index (χ4n) is 3.52. The number of anilines is 2. The Bertz CT molecular complexity index is 879. The number of benzene rings is 1. The summed E-state index contributed by atoms with van der Waals surface area (Å²) in [7, 11) is 1.57. The zero-order valence-electron chi connectivity index (χ0n) is 17.8. The molecule has 1 aromatic heterocycles. The summed E-state index contributed by atoms with van der Waals surface area (Å²) in [5.74, 6) is 0.564. The summed E-state index contributed by atoms with van der Waals surface area (Å²) < 4.78 is 38.9. The van der Waals surface area contributed by atoms with Gasteiger partial charge in [-0.25, -0.2) is 0 Å². The highest BCUT2D eigenvalue weighted by molar-refractivity contribution is 5.76. The number of likely N-dealkylation sites (N-methyl/N-ethyl adjacent to an activating group) is 1. The average Bonchev–Trinajstić information content (AvgIpc) is 2.76. The molecule has 3 N–H and O–H groups in total. The van der Waals surface area contributed by atoms with Crippen molar-refractivity contribution in [3.05, 3.63) is 35.4 Å². The van der Waals surface area contributed by atoms with E-state index in [9.17, 15) is 18.3 Å². The molecule has 1 aliphatic rings. The predicted octanol–water partition coefficient (Wildman–Crippen LogP) is 3.19. The lowest BCUT2D eigenvalue weighted by Gasteiger charge is -2.36. The second-order valence-corrected chi connectivity index (χ2v) is 7.27. The number of halogens is 3. The molecular formula is C21H28F3N5O2. The van der Waals surface area contributed by atoms with Gasteiger partial charge in [-0.2, -0.15) is 13.2 Å². The summed E-state index contributed by atoms with van der Waals surface area (Å²) >= 11 is 0. The maximum Gasteiger partial charge on any atom is 0.416 e. The summed E-state index contributed by atoms with van der Waals surface area (Å²) in [5, 5.41) is 24.8. The third kappa shape index (κ3) is 5.92. The Morgan fingerprint density at radius 2 is 1.97 bits per heavy atom. The van der Waals surface area contributed by atoms with Gasteiger partial charge < -0.3 is 25.4 Å². The number of nitrogens with one attached hydrogen (secondary N) is 2. The first-order valence-electron chi connectivity index (χ1n) is 9.92. The molecule has 31 heavy (non-hydrogen) atoms. The van der Waals surface area contributed by atoms with Crippen molar-refractivity contribution in [2.45, 2.75) is 38.6 Å². The lowest BCUT2D eigenvalue weighted by Crippen LogP contribution is -2.50. The first-order chi connectivity index (χ1) is 14.7. The second kappa shape index (κ2) is 10.5. The highest BCUT2D eigenvalue weighted by Gasteiger charge is 2.31. The van der Waals surface area contributed by atoms with Crippen molar-refractivity contribution in [1.29, 1.82) is 0 Å². The quantitative estimate of drug-likeness (QED) is 0.659. The molecule has 0 amide bonds. The van der Waals surface area contributed by atoms with Crippen molar-refractivity contribution in [1.82, 2.24) is 15.1 Å². The summed E-state index contributed by atoms with van der Waals surface area (Å²) in [5.41, 5.74) is 1.43. The molecule has 10 heteroatoms. The smallest absolute Gasteiger partial charge is 0.391 e. The molecule has 0 bridgehead atoms. The van der Waals surface area contributed by atoms with Crippen molar-refractivity contribution in [2.24, 2.45) is 0 Å². The largest absolute Gasteiger partial charge is 0.416 e. The SMILES string of the molecule is C=O.CCN1CC[C@@H](O)[C@@H](Nc2nnc(-c3ccc(C(F)(F)F)cc3NC)cc2C)C1. The van der Waals surface area contributed by atoms with Gasteiger partial charge in [0, 0.05) is 31.4 Å². The predicted molar refractivity (Wildman–Crippen MR) is 114 cm³/mol.